The first-order chi connectivity index (χ1) is 11.2. The third-order valence-electron chi connectivity index (χ3n) is 3.25. The first-order valence-corrected chi connectivity index (χ1v) is 6.96. The van der Waals surface area contributed by atoms with Crippen LogP contribution >= 0.6 is 0 Å². The highest BCUT2D eigenvalue weighted by Gasteiger charge is 2.29. The summed E-state index contributed by atoms with van der Waals surface area (Å²) in [6.07, 6.45) is -0.869. The Morgan fingerprint density at radius 1 is 1.09 bits per heavy atom. The molecule has 0 amide bonds. The van der Waals surface area contributed by atoms with E-state index in [1.807, 2.05) is 6.07 Å². The van der Waals surface area contributed by atoms with Gasteiger partial charge < -0.3 is 18.9 Å². The first kappa shape index (κ1) is 14.9. The van der Waals surface area contributed by atoms with Crippen LogP contribution in [0.25, 0.3) is 0 Å². The molecule has 0 N–H and O–H groups in total. The Labute approximate surface area is 132 Å². The van der Waals surface area contributed by atoms with Crippen molar-refractivity contribution in [3.8, 4) is 17.2 Å². The first-order valence-electron chi connectivity index (χ1n) is 6.96. The minimum Gasteiger partial charge on any atom is -0.485 e. The van der Waals surface area contributed by atoms with E-state index in [0.717, 1.165) is 0 Å². The number of ether oxygens (including phenoxy) is 4. The van der Waals surface area contributed by atoms with E-state index in [9.17, 15) is 9.59 Å². The van der Waals surface area contributed by atoms with Gasteiger partial charge in [-0.15, -0.1) is 0 Å². The fourth-order valence-corrected chi connectivity index (χ4v) is 2.12. The average Bonchev–Trinajstić information content (AvgIpc) is 2.60. The number of carbonyl (C=O) groups excluding carboxylic acids is 2. The lowest BCUT2D eigenvalue weighted by molar-refractivity contribution is -0.144. The molecule has 6 nitrogen and oxygen atoms in total. The molecule has 0 bridgehead atoms. The van der Waals surface area contributed by atoms with Crippen molar-refractivity contribution in [3.63, 3.8) is 0 Å². The van der Waals surface area contributed by atoms with Crippen molar-refractivity contribution >= 4 is 11.9 Å². The predicted octanol–water partition coefficient (Wildman–Crippen LogP) is 2.22. The van der Waals surface area contributed by atoms with E-state index in [1.165, 1.54) is 13.2 Å². The summed E-state index contributed by atoms with van der Waals surface area (Å²) < 4.78 is 20.9. The zero-order valence-electron chi connectivity index (χ0n) is 12.4. The van der Waals surface area contributed by atoms with Crippen LogP contribution in [0.4, 0.5) is 0 Å². The van der Waals surface area contributed by atoms with Gasteiger partial charge in [-0.3, -0.25) is 0 Å². The molecule has 0 unspecified atom stereocenters. The molecule has 3 rings (SSSR count). The summed E-state index contributed by atoms with van der Waals surface area (Å²) in [6, 6.07) is 13.3. The topological polar surface area (TPSA) is 71.1 Å². The number of benzene rings is 2. The molecule has 1 atom stereocenters. The van der Waals surface area contributed by atoms with Crippen molar-refractivity contribution in [2.75, 3.05) is 13.7 Å². The summed E-state index contributed by atoms with van der Waals surface area (Å²) in [6.45, 7) is 0.0620. The van der Waals surface area contributed by atoms with Gasteiger partial charge >= 0.3 is 11.9 Å². The van der Waals surface area contributed by atoms with E-state index in [0.29, 0.717) is 17.1 Å². The van der Waals surface area contributed by atoms with Crippen LogP contribution in [0.5, 0.6) is 17.2 Å². The van der Waals surface area contributed by atoms with Crippen LogP contribution in [-0.2, 0) is 9.53 Å². The van der Waals surface area contributed by atoms with Gasteiger partial charge in [0.25, 0.3) is 0 Å². The molecule has 0 radical (unpaired) electrons. The van der Waals surface area contributed by atoms with Crippen molar-refractivity contribution in [2.24, 2.45) is 0 Å². The van der Waals surface area contributed by atoms with E-state index in [1.54, 1.807) is 36.4 Å². The number of hydrogen-bond donors (Lipinski definition) is 0. The van der Waals surface area contributed by atoms with Crippen LogP contribution in [0.2, 0.25) is 0 Å². The molecule has 6 heteroatoms. The van der Waals surface area contributed by atoms with Crippen molar-refractivity contribution in [2.45, 2.75) is 6.10 Å². The maximum absolute atomic E-state index is 12.2. The van der Waals surface area contributed by atoms with Gasteiger partial charge in [0.15, 0.2) is 11.5 Å². The highest BCUT2D eigenvalue weighted by Crippen LogP contribution is 2.31. The summed E-state index contributed by atoms with van der Waals surface area (Å²) in [5, 5.41) is 0. The molecule has 1 heterocycles. The second-order valence-corrected chi connectivity index (χ2v) is 4.80. The largest absolute Gasteiger partial charge is 0.485 e. The molecule has 1 aliphatic rings. The molecule has 0 saturated heterocycles. The molecular formula is C17H14O6. The predicted molar refractivity (Wildman–Crippen MR) is 79.8 cm³/mol. The van der Waals surface area contributed by atoms with Gasteiger partial charge in [-0.05, 0) is 30.3 Å². The number of rotatable bonds is 3. The second kappa shape index (κ2) is 6.39. The number of para-hydroxylation sites is 2. The SMILES string of the molecule is COC(=O)c1cccc(OC(=O)[C@H]2COc3ccccc3O2)c1. The van der Waals surface area contributed by atoms with Crippen LogP contribution in [0.15, 0.2) is 48.5 Å². The van der Waals surface area contributed by atoms with Crippen molar-refractivity contribution in [1.82, 2.24) is 0 Å². The lowest BCUT2D eigenvalue weighted by atomic mass is 10.2. The summed E-state index contributed by atoms with van der Waals surface area (Å²) in [4.78, 5) is 23.7. The van der Waals surface area contributed by atoms with Crippen LogP contribution < -0.4 is 14.2 Å². The van der Waals surface area contributed by atoms with Gasteiger partial charge in [-0.2, -0.15) is 0 Å². The van der Waals surface area contributed by atoms with Gasteiger partial charge in [-0.1, -0.05) is 18.2 Å². The van der Waals surface area contributed by atoms with Crippen molar-refractivity contribution in [1.29, 1.82) is 0 Å². The maximum atomic E-state index is 12.2. The summed E-state index contributed by atoms with van der Waals surface area (Å²) in [7, 11) is 1.28. The molecule has 0 spiro atoms. The van der Waals surface area contributed by atoms with Gasteiger partial charge in [0.05, 0.1) is 12.7 Å². The van der Waals surface area contributed by atoms with E-state index in [4.69, 9.17) is 14.2 Å². The summed E-state index contributed by atoms with van der Waals surface area (Å²) >= 11 is 0. The zero-order chi connectivity index (χ0) is 16.2. The Hall–Kier alpha value is -3.02. The Balaban J connectivity index is 1.69. The number of fused-ring (bicyclic) bond motifs is 1. The molecule has 0 saturated carbocycles. The second-order valence-electron chi connectivity index (χ2n) is 4.80. The fourth-order valence-electron chi connectivity index (χ4n) is 2.12. The third kappa shape index (κ3) is 3.26. The number of carbonyl (C=O) groups is 2. The normalized spacial score (nSPS) is 15.6. The smallest absolute Gasteiger partial charge is 0.356 e. The third-order valence-corrected chi connectivity index (χ3v) is 3.25. The minimum absolute atomic E-state index is 0.0620. The molecule has 2 aromatic carbocycles. The lowest BCUT2D eigenvalue weighted by Gasteiger charge is -2.24. The molecule has 23 heavy (non-hydrogen) atoms. The summed E-state index contributed by atoms with van der Waals surface area (Å²) in [5.41, 5.74) is 0.295. The van der Waals surface area contributed by atoms with Crippen LogP contribution in [0.3, 0.4) is 0 Å². The zero-order valence-corrected chi connectivity index (χ0v) is 12.4. The quantitative estimate of drug-likeness (QED) is 0.639. The van der Waals surface area contributed by atoms with Gasteiger partial charge in [0, 0.05) is 0 Å². The molecular weight excluding hydrogens is 300 g/mol. The number of methoxy groups -OCH3 is 1. The standard InChI is InChI=1S/C17H14O6/c1-20-16(18)11-5-4-6-12(9-11)22-17(19)15-10-21-13-7-2-3-8-14(13)23-15/h2-9,15H,10H2,1H3/t15-/m1/s1. The highest BCUT2D eigenvalue weighted by molar-refractivity contribution is 5.90. The van der Waals surface area contributed by atoms with Crippen LogP contribution in [0.1, 0.15) is 10.4 Å². The van der Waals surface area contributed by atoms with Crippen LogP contribution in [-0.4, -0.2) is 31.8 Å². The monoisotopic (exact) mass is 314 g/mol. The average molecular weight is 314 g/mol. The molecule has 1 aliphatic heterocycles. The number of esters is 2. The van der Waals surface area contributed by atoms with E-state index >= 15 is 0 Å². The van der Waals surface area contributed by atoms with E-state index in [2.05, 4.69) is 4.74 Å². The Morgan fingerprint density at radius 3 is 2.65 bits per heavy atom. The summed E-state index contributed by atoms with van der Waals surface area (Å²) in [5.74, 6) is 0.212. The molecule has 0 aliphatic carbocycles. The molecule has 2 aromatic rings. The minimum atomic E-state index is -0.869. The van der Waals surface area contributed by atoms with Gasteiger partial charge in [-0.25, -0.2) is 9.59 Å². The fraction of sp³-hybridized carbons (Fsp3) is 0.176. The highest BCUT2D eigenvalue weighted by atomic mass is 16.6. The van der Waals surface area contributed by atoms with Crippen molar-refractivity contribution < 1.29 is 28.5 Å². The maximum Gasteiger partial charge on any atom is 0.356 e. The Bertz CT molecular complexity index is 739. The molecule has 0 aromatic heterocycles. The van der Waals surface area contributed by atoms with Gasteiger partial charge in [0.1, 0.15) is 12.4 Å². The number of hydrogen-bond acceptors (Lipinski definition) is 6. The van der Waals surface area contributed by atoms with Crippen molar-refractivity contribution in [3.05, 3.63) is 54.1 Å². The van der Waals surface area contributed by atoms with E-state index < -0.39 is 18.0 Å². The molecule has 118 valence electrons. The van der Waals surface area contributed by atoms with Gasteiger partial charge in [0.2, 0.25) is 6.10 Å². The Morgan fingerprint density at radius 2 is 1.87 bits per heavy atom. The Kier molecular flexibility index (Phi) is 4.14. The van der Waals surface area contributed by atoms with E-state index in [-0.39, 0.29) is 12.4 Å². The molecule has 0 fully saturated rings. The lowest BCUT2D eigenvalue weighted by Crippen LogP contribution is -2.39. The van der Waals surface area contributed by atoms with Crippen LogP contribution in [0, 0.1) is 0 Å².